The van der Waals surface area contributed by atoms with Crippen molar-refractivity contribution in [2.75, 3.05) is 10.8 Å². The van der Waals surface area contributed by atoms with Crippen molar-refractivity contribution in [3.63, 3.8) is 0 Å². The molecule has 40 heavy (non-hydrogen) atoms. The van der Waals surface area contributed by atoms with E-state index in [1.54, 1.807) is 67.6 Å². The first kappa shape index (κ1) is 31.2. The van der Waals surface area contributed by atoms with Crippen LogP contribution in [-0.4, -0.2) is 43.8 Å². The van der Waals surface area contributed by atoms with Crippen LogP contribution in [0.1, 0.15) is 49.4 Å². The van der Waals surface area contributed by atoms with E-state index in [9.17, 15) is 18.0 Å². The Hall–Kier alpha value is -3.36. The van der Waals surface area contributed by atoms with Crippen LogP contribution in [0.4, 0.5) is 5.69 Å². The lowest BCUT2D eigenvalue weighted by Gasteiger charge is -2.33. The first-order valence-electron chi connectivity index (χ1n) is 13.3. The molecule has 3 rings (SSSR count). The van der Waals surface area contributed by atoms with Crippen LogP contribution in [-0.2, 0) is 26.2 Å². The molecule has 1 N–H and O–H groups in total. The third kappa shape index (κ3) is 7.43. The largest absolute Gasteiger partial charge is 0.352 e. The van der Waals surface area contributed by atoms with Gasteiger partial charge < -0.3 is 10.2 Å². The molecule has 0 aliphatic rings. The summed E-state index contributed by atoms with van der Waals surface area (Å²) in [7, 11) is -4.12. The quantitative estimate of drug-likeness (QED) is 0.309. The monoisotopic (exact) mass is 583 g/mol. The van der Waals surface area contributed by atoms with E-state index in [1.165, 1.54) is 4.90 Å². The molecule has 0 unspecified atom stereocenters. The van der Waals surface area contributed by atoms with E-state index in [-0.39, 0.29) is 23.4 Å². The van der Waals surface area contributed by atoms with Gasteiger partial charge in [0.2, 0.25) is 11.8 Å². The van der Waals surface area contributed by atoms with Crippen LogP contribution >= 0.6 is 11.6 Å². The molecule has 0 fully saturated rings. The average Bonchev–Trinajstić information content (AvgIpc) is 2.92. The molecule has 0 aromatic heterocycles. The summed E-state index contributed by atoms with van der Waals surface area (Å²) in [5.41, 5.74) is 3.74. The van der Waals surface area contributed by atoms with E-state index in [0.29, 0.717) is 10.7 Å². The van der Waals surface area contributed by atoms with Gasteiger partial charge in [0.25, 0.3) is 10.0 Å². The Morgan fingerprint density at radius 1 is 0.925 bits per heavy atom. The lowest BCUT2D eigenvalue weighted by atomic mass is 10.1. The highest BCUT2D eigenvalue weighted by Gasteiger charge is 2.33. The van der Waals surface area contributed by atoms with Crippen LogP contribution in [0.25, 0.3) is 0 Å². The number of hydrogen-bond acceptors (Lipinski definition) is 4. The lowest BCUT2D eigenvalue weighted by molar-refractivity contribution is -0.139. The molecule has 214 valence electrons. The number of sulfonamides is 1. The summed E-state index contributed by atoms with van der Waals surface area (Å²) >= 11 is 6.06. The fourth-order valence-corrected chi connectivity index (χ4v) is 5.79. The van der Waals surface area contributed by atoms with Crippen LogP contribution in [0, 0.1) is 20.8 Å². The molecule has 0 aliphatic carbocycles. The minimum Gasteiger partial charge on any atom is -0.352 e. The van der Waals surface area contributed by atoms with E-state index < -0.39 is 28.5 Å². The van der Waals surface area contributed by atoms with Gasteiger partial charge in [-0.25, -0.2) is 8.42 Å². The van der Waals surface area contributed by atoms with E-state index in [2.05, 4.69) is 5.32 Å². The maximum absolute atomic E-state index is 14.0. The Kier molecular flexibility index (Phi) is 10.4. The van der Waals surface area contributed by atoms with Gasteiger partial charge in [0.05, 0.1) is 10.6 Å². The Labute approximate surface area is 243 Å². The van der Waals surface area contributed by atoms with E-state index in [4.69, 9.17) is 11.6 Å². The molecule has 2 amide bonds. The SMILES string of the molecule is CC[C@@H](C)NC(=O)[C@H](C)N(Cc1ccc(Cl)cc1)C(=O)CN(c1cccc(C)c1C)S(=O)(=O)c1ccc(C)cc1. The van der Waals surface area contributed by atoms with Crippen LogP contribution in [0.2, 0.25) is 5.02 Å². The number of hydrogen-bond donors (Lipinski definition) is 1. The number of aryl methyl sites for hydroxylation is 2. The Bertz CT molecular complexity index is 1440. The number of carbonyl (C=O) groups excluding carboxylic acids is 2. The molecule has 0 heterocycles. The second-order valence-corrected chi connectivity index (χ2v) is 12.5. The standard InChI is InChI=1S/C31H38ClN3O4S/c1-7-23(4)33-31(37)25(6)34(19-26-13-15-27(32)16-14-26)30(36)20-35(29-10-8-9-22(3)24(29)5)40(38,39)28-17-11-21(2)12-18-28/h8-18,23,25H,7,19-20H2,1-6H3,(H,33,37)/t23-,25+/m1/s1. The second-order valence-electron chi connectivity index (χ2n) is 10.2. The number of benzene rings is 3. The van der Waals surface area contributed by atoms with Gasteiger partial charge >= 0.3 is 0 Å². The minimum atomic E-state index is -4.12. The average molecular weight is 584 g/mol. The minimum absolute atomic E-state index is 0.0733. The maximum Gasteiger partial charge on any atom is 0.264 e. The van der Waals surface area contributed by atoms with E-state index in [1.807, 2.05) is 40.7 Å². The van der Waals surface area contributed by atoms with Crippen LogP contribution < -0.4 is 9.62 Å². The molecule has 0 saturated heterocycles. The van der Waals surface area contributed by atoms with Gasteiger partial charge in [0, 0.05) is 17.6 Å². The third-order valence-corrected chi connectivity index (χ3v) is 9.19. The number of anilines is 1. The zero-order chi connectivity index (χ0) is 29.6. The van der Waals surface area contributed by atoms with Gasteiger partial charge in [-0.2, -0.15) is 0 Å². The molecule has 0 spiro atoms. The summed E-state index contributed by atoms with van der Waals surface area (Å²) < 4.78 is 29.2. The second kappa shape index (κ2) is 13.3. The van der Waals surface area contributed by atoms with E-state index in [0.717, 1.165) is 33.0 Å². The number of halogens is 1. The molecule has 3 aromatic carbocycles. The topological polar surface area (TPSA) is 86.8 Å². The fourth-order valence-electron chi connectivity index (χ4n) is 4.19. The van der Waals surface area contributed by atoms with Crippen LogP contribution in [0.15, 0.2) is 71.6 Å². The van der Waals surface area contributed by atoms with Crippen molar-refractivity contribution < 1.29 is 18.0 Å². The van der Waals surface area contributed by atoms with Crippen molar-refractivity contribution in [2.24, 2.45) is 0 Å². The van der Waals surface area contributed by atoms with Crippen LogP contribution in [0.3, 0.4) is 0 Å². The zero-order valence-corrected chi connectivity index (χ0v) is 25.5. The van der Waals surface area contributed by atoms with Crippen molar-refractivity contribution in [1.82, 2.24) is 10.2 Å². The predicted octanol–water partition coefficient (Wildman–Crippen LogP) is 5.79. The molecule has 0 aliphatic heterocycles. The molecular weight excluding hydrogens is 546 g/mol. The highest BCUT2D eigenvalue weighted by Crippen LogP contribution is 2.29. The van der Waals surface area contributed by atoms with Gasteiger partial charge in [-0.1, -0.05) is 60.5 Å². The number of amides is 2. The van der Waals surface area contributed by atoms with Gasteiger partial charge in [-0.05, 0) is 88.1 Å². The Morgan fingerprint density at radius 3 is 2.15 bits per heavy atom. The summed E-state index contributed by atoms with van der Waals surface area (Å²) in [5, 5.41) is 3.49. The summed E-state index contributed by atoms with van der Waals surface area (Å²) in [6.45, 7) is 10.7. The van der Waals surface area contributed by atoms with Crippen molar-refractivity contribution in [2.45, 2.75) is 71.5 Å². The lowest BCUT2D eigenvalue weighted by Crippen LogP contribution is -2.52. The van der Waals surface area contributed by atoms with Crippen molar-refractivity contribution in [3.05, 3.63) is 94.0 Å². The van der Waals surface area contributed by atoms with Gasteiger partial charge in [0.1, 0.15) is 12.6 Å². The number of nitrogens with one attached hydrogen (secondary N) is 1. The molecule has 3 aromatic rings. The smallest absolute Gasteiger partial charge is 0.264 e. The maximum atomic E-state index is 14.0. The molecule has 2 atom stereocenters. The van der Waals surface area contributed by atoms with Crippen molar-refractivity contribution >= 4 is 39.1 Å². The van der Waals surface area contributed by atoms with Gasteiger partial charge in [-0.3, -0.25) is 13.9 Å². The van der Waals surface area contributed by atoms with Crippen molar-refractivity contribution in [3.8, 4) is 0 Å². The van der Waals surface area contributed by atoms with Gasteiger partial charge in [-0.15, -0.1) is 0 Å². The predicted molar refractivity (Wildman–Crippen MR) is 161 cm³/mol. The van der Waals surface area contributed by atoms with Gasteiger partial charge in [0.15, 0.2) is 0 Å². The molecule has 0 radical (unpaired) electrons. The first-order valence-corrected chi connectivity index (χ1v) is 15.2. The van der Waals surface area contributed by atoms with Crippen LogP contribution in [0.5, 0.6) is 0 Å². The molecule has 0 bridgehead atoms. The summed E-state index contributed by atoms with van der Waals surface area (Å²) in [6.07, 6.45) is 0.735. The molecular formula is C31H38ClN3O4S. The normalized spacial score (nSPS) is 12.9. The third-order valence-electron chi connectivity index (χ3n) is 7.17. The molecule has 7 nitrogen and oxygen atoms in total. The van der Waals surface area contributed by atoms with Crippen molar-refractivity contribution in [1.29, 1.82) is 0 Å². The fraction of sp³-hybridized carbons (Fsp3) is 0.355. The molecule has 0 saturated carbocycles. The number of carbonyl (C=O) groups is 2. The van der Waals surface area contributed by atoms with E-state index >= 15 is 0 Å². The number of rotatable bonds is 11. The first-order chi connectivity index (χ1) is 18.8. The Morgan fingerprint density at radius 2 is 1.55 bits per heavy atom. The Balaban J connectivity index is 2.06. The summed E-state index contributed by atoms with van der Waals surface area (Å²) in [4.78, 5) is 28.7. The highest BCUT2D eigenvalue weighted by atomic mass is 35.5. The zero-order valence-electron chi connectivity index (χ0n) is 23.9. The highest BCUT2D eigenvalue weighted by molar-refractivity contribution is 7.92. The summed E-state index contributed by atoms with van der Waals surface area (Å²) in [5.74, 6) is -0.810. The number of nitrogens with zero attached hydrogens (tertiary/aromatic N) is 2. The summed E-state index contributed by atoms with van der Waals surface area (Å²) in [6, 6.07) is 18.0. The molecule has 9 heteroatoms.